The second-order valence-electron chi connectivity index (χ2n) is 5.51. The topological polar surface area (TPSA) is 78.4 Å². The summed E-state index contributed by atoms with van der Waals surface area (Å²) in [6.07, 6.45) is -3.78. The zero-order chi connectivity index (χ0) is 19.9. The number of nitrogens with one attached hydrogen (secondary N) is 3. The van der Waals surface area contributed by atoms with Crippen LogP contribution in [0, 0.1) is 0 Å². The molecule has 27 heavy (non-hydrogen) atoms. The van der Waals surface area contributed by atoms with Crippen molar-refractivity contribution < 1.29 is 18.0 Å². The van der Waals surface area contributed by atoms with Crippen molar-refractivity contribution in [3.63, 3.8) is 0 Å². The third kappa shape index (κ3) is 6.24. The predicted molar refractivity (Wildman–Crippen MR) is 98.9 cm³/mol. The first-order chi connectivity index (χ1) is 12.8. The number of nitrogens with zero attached hydrogens (tertiary/aromatic N) is 2. The number of amides is 1. The van der Waals surface area contributed by atoms with Crippen LogP contribution in [0.2, 0.25) is 0 Å². The Morgan fingerprint density at radius 3 is 2.70 bits per heavy atom. The highest BCUT2D eigenvalue weighted by atomic mass is 32.1. The van der Waals surface area contributed by atoms with Gasteiger partial charge in [-0.15, -0.1) is 11.3 Å². The zero-order valence-corrected chi connectivity index (χ0v) is 15.7. The molecular weight excluding hydrogens is 379 g/mol. The molecule has 0 saturated carbocycles. The number of hydrogen-bond acceptors (Lipinski definition) is 4. The summed E-state index contributed by atoms with van der Waals surface area (Å²) in [5.74, 6) is 0.310. The molecule has 1 aromatic heterocycles. The van der Waals surface area contributed by atoms with E-state index in [2.05, 4.69) is 25.9 Å². The summed E-state index contributed by atoms with van der Waals surface area (Å²) in [4.78, 5) is 19.2. The Balaban J connectivity index is 1.82. The molecule has 0 saturated heterocycles. The van der Waals surface area contributed by atoms with E-state index in [0.717, 1.165) is 22.3 Å². The van der Waals surface area contributed by atoms with Crippen molar-refractivity contribution in [2.24, 2.45) is 4.99 Å². The summed E-state index contributed by atoms with van der Waals surface area (Å²) < 4.78 is 37.7. The second kappa shape index (κ2) is 9.36. The molecule has 0 unspecified atom stereocenters. The van der Waals surface area contributed by atoms with Crippen molar-refractivity contribution in [2.45, 2.75) is 19.1 Å². The lowest BCUT2D eigenvalue weighted by Gasteiger charge is -2.11. The van der Waals surface area contributed by atoms with E-state index >= 15 is 0 Å². The first kappa shape index (κ1) is 20.7. The molecule has 1 heterocycles. The lowest BCUT2D eigenvalue weighted by molar-refractivity contribution is -0.140. The maximum absolute atomic E-state index is 12.6. The van der Waals surface area contributed by atoms with Crippen molar-refractivity contribution in [3.8, 4) is 0 Å². The number of aromatic nitrogens is 1. The van der Waals surface area contributed by atoms with Gasteiger partial charge in [0.05, 0.1) is 6.54 Å². The molecule has 0 aliphatic carbocycles. The van der Waals surface area contributed by atoms with Crippen LogP contribution in [-0.4, -0.2) is 37.5 Å². The number of carbonyl (C=O) groups excluding carboxylic acids is 1. The van der Waals surface area contributed by atoms with Gasteiger partial charge in [-0.3, -0.25) is 9.79 Å². The van der Waals surface area contributed by atoms with Crippen molar-refractivity contribution in [1.82, 2.24) is 20.9 Å². The number of guanidine groups is 1. The first-order valence-corrected chi connectivity index (χ1v) is 8.98. The average Bonchev–Trinajstić information content (AvgIpc) is 3.13. The number of halogens is 3. The van der Waals surface area contributed by atoms with Gasteiger partial charge in [-0.25, -0.2) is 4.98 Å². The number of carbonyl (C=O) groups is 1. The van der Waals surface area contributed by atoms with Gasteiger partial charge in [0.15, 0.2) is 11.7 Å². The number of thiazole rings is 1. The maximum Gasteiger partial charge on any atom is 0.434 e. The zero-order valence-electron chi connectivity index (χ0n) is 14.9. The van der Waals surface area contributed by atoms with E-state index in [9.17, 15) is 18.0 Å². The van der Waals surface area contributed by atoms with Crippen LogP contribution in [0.4, 0.5) is 13.2 Å². The van der Waals surface area contributed by atoms with Gasteiger partial charge in [0.1, 0.15) is 5.01 Å². The van der Waals surface area contributed by atoms with E-state index < -0.39 is 11.9 Å². The Hall–Kier alpha value is -2.62. The number of hydrogen-bond donors (Lipinski definition) is 3. The van der Waals surface area contributed by atoms with Gasteiger partial charge in [-0.1, -0.05) is 12.1 Å². The number of rotatable bonds is 6. The van der Waals surface area contributed by atoms with Gasteiger partial charge in [0.2, 0.25) is 0 Å². The molecule has 0 radical (unpaired) electrons. The maximum atomic E-state index is 12.6. The molecule has 3 N–H and O–H groups in total. The summed E-state index contributed by atoms with van der Waals surface area (Å²) in [6, 6.07) is 7.27. The third-order valence-electron chi connectivity index (χ3n) is 3.60. The lowest BCUT2D eigenvalue weighted by Crippen LogP contribution is -2.37. The fourth-order valence-electron chi connectivity index (χ4n) is 2.24. The molecule has 0 aliphatic heterocycles. The van der Waals surface area contributed by atoms with E-state index in [1.165, 1.54) is 0 Å². The molecule has 0 fully saturated rings. The average molecular weight is 399 g/mol. The lowest BCUT2D eigenvalue weighted by atomic mass is 10.1. The smallest absolute Gasteiger partial charge is 0.356 e. The standard InChI is InChI=1S/C17H20F3N5OS/c1-21-15(26)12-5-3-4-11(8-12)6-7-23-16(22-2)24-9-14-25-13(10-27-14)17(18,19)20/h3-5,8,10H,6-7,9H2,1-2H3,(H,21,26)(H2,22,23,24). The van der Waals surface area contributed by atoms with Gasteiger partial charge < -0.3 is 16.0 Å². The van der Waals surface area contributed by atoms with Crippen LogP contribution in [0.1, 0.15) is 26.6 Å². The normalized spacial score (nSPS) is 12.0. The van der Waals surface area contributed by atoms with Crippen LogP contribution in [0.5, 0.6) is 0 Å². The molecule has 146 valence electrons. The minimum absolute atomic E-state index is 0.145. The Kier molecular flexibility index (Phi) is 7.17. The van der Waals surface area contributed by atoms with E-state index in [4.69, 9.17) is 0 Å². The predicted octanol–water partition coefficient (Wildman–Crippen LogP) is 2.43. The van der Waals surface area contributed by atoms with Crippen molar-refractivity contribution in [3.05, 3.63) is 51.5 Å². The Morgan fingerprint density at radius 2 is 2.07 bits per heavy atom. The summed E-state index contributed by atoms with van der Waals surface area (Å²) >= 11 is 0.942. The molecular formula is C17H20F3N5OS. The van der Waals surface area contributed by atoms with Crippen LogP contribution in [0.3, 0.4) is 0 Å². The summed E-state index contributed by atoms with van der Waals surface area (Å²) in [6.45, 7) is 0.690. The Bertz CT molecular complexity index is 804. The van der Waals surface area contributed by atoms with Crippen molar-refractivity contribution >= 4 is 23.2 Å². The monoisotopic (exact) mass is 399 g/mol. The van der Waals surface area contributed by atoms with Gasteiger partial charge in [0.25, 0.3) is 5.91 Å². The minimum Gasteiger partial charge on any atom is -0.356 e. The molecule has 0 atom stereocenters. The summed E-state index contributed by atoms with van der Waals surface area (Å²) in [5, 5.41) is 9.90. The van der Waals surface area contributed by atoms with Crippen LogP contribution in [0.15, 0.2) is 34.6 Å². The van der Waals surface area contributed by atoms with Crippen LogP contribution in [-0.2, 0) is 19.1 Å². The first-order valence-electron chi connectivity index (χ1n) is 8.10. The summed E-state index contributed by atoms with van der Waals surface area (Å²) in [5.41, 5.74) is 0.679. The number of alkyl halides is 3. The molecule has 0 bridgehead atoms. The molecule has 1 aromatic carbocycles. The SMILES string of the molecule is CN=C(NCCc1cccc(C(=O)NC)c1)NCc1nc(C(F)(F)F)cs1. The van der Waals surface area contributed by atoms with Crippen molar-refractivity contribution in [1.29, 1.82) is 0 Å². The quantitative estimate of drug-likeness (QED) is 0.515. The molecule has 1 amide bonds. The highest BCUT2D eigenvalue weighted by Gasteiger charge is 2.33. The molecule has 2 rings (SSSR count). The van der Waals surface area contributed by atoms with E-state index in [-0.39, 0.29) is 12.5 Å². The van der Waals surface area contributed by atoms with E-state index in [1.807, 2.05) is 18.2 Å². The van der Waals surface area contributed by atoms with Crippen LogP contribution in [0.25, 0.3) is 0 Å². The van der Waals surface area contributed by atoms with E-state index in [1.54, 1.807) is 20.2 Å². The Morgan fingerprint density at radius 1 is 1.30 bits per heavy atom. The minimum atomic E-state index is -4.43. The molecule has 2 aromatic rings. The van der Waals surface area contributed by atoms with Crippen LogP contribution < -0.4 is 16.0 Å². The van der Waals surface area contributed by atoms with E-state index in [0.29, 0.717) is 29.5 Å². The Labute approximate surface area is 158 Å². The fourth-order valence-corrected chi connectivity index (χ4v) is 2.98. The molecule has 0 spiro atoms. The molecule has 10 heteroatoms. The molecule has 6 nitrogen and oxygen atoms in total. The van der Waals surface area contributed by atoms with Crippen molar-refractivity contribution in [2.75, 3.05) is 20.6 Å². The van der Waals surface area contributed by atoms with Gasteiger partial charge in [0, 0.05) is 31.6 Å². The fraction of sp³-hybridized carbons (Fsp3) is 0.353. The highest BCUT2D eigenvalue weighted by Crippen LogP contribution is 2.29. The van der Waals surface area contributed by atoms with Gasteiger partial charge in [-0.05, 0) is 24.1 Å². The summed E-state index contributed by atoms with van der Waals surface area (Å²) in [7, 11) is 3.15. The molecule has 0 aliphatic rings. The number of benzene rings is 1. The highest BCUT2D eigenvalue weighted by molar-refractivity contribution is 7.09. The van der Waals surface area contributed by atoms with Gasteiger partial charge >= 0.3 is 6.18 Å². The van der Waals surface area contributed by atoms with Crippen LogP contribution >= 0.6 is 11.3 Å². The van der Waals surface area contributed by atoms with Gasteiger partial charge in [-0.2, -0.15) is 13.2 Å². The number of aliphatic imine (C=N–C) groups is 1. The largest absolute Gasteiger partial charge is 0.434 e. The third-order valence-corrected chi connectivity index (χ3v) is 4.44. The second-order valence-corrected chi connectivity index (χ2v) is 6.45.